The van der Waals surface area contributed by atoms with Crippen LogP contribution in [0.2, 0.25) is 0 Å². The first-order chi connectivity index (χ1) is 23.0. The Morgan fingerprint density at radius 1 is 1.16 bits per heavy atom. The highest BCUT2D eigenvalue weighted by molar-refractivity contribution is 5.99. The maximum Gasteiger partial charge on any atom is 0.339 e. The molecule has 3 heterocycles. The second-order valence-electron chi connectivity index (χ2n) is 13.6. The van der Waals surface area contributed by atoms with Crippen LogP contribution < -0.4 is 5.32 Å². The molecular formula is C37H53N3O9. The Balaban J connectivity index is 1.49. The number of aliphatic hydroxyl groups is 3. The average molecular weight is 684 g/mol. The van der Waals surface area contributed by atoms with Gasteiger partial charge in [0.1, 0.15) is 17.5 Å². The maximum atomic E-state index is 12.9. The van der Waals surface area contributed by atoms with Gasteiger partial charge in [-0.3, -0.25) is 9.59 Å². The SMILES string of the molecule is COC(CC(C)C(O)/C=C/C=C/CNC(=O)C(C)(C)C(O)/C(C)=C/C=C\C=C\Cc1cnc(C)o1)C1(O)C(C)C(=O)N(C)C12C(=O)OC2C. The Hall–Kier alpha value is -3.84. The van der Waals surface area contributed by atoms with Crippen LogP contribution in [0.5, 0.6) is 0 Å². The number of methoxy groups -OCH3 is 1. The standard InChI is InChI=1S/C37H53N3O9/c1-23(17-13-10-11-14-18-28-22-39-27(5)49-28)31(42)35(6,7)33(44)38-20-16-12-15-19-29(41)24(2)21-30(47-9)37(46)25(3)32(43)40(8)36(37)26(4)48-34(36)45/h10-17,19,22,24-26,29-31,41-42,46H,18,20-21H2,1-9H3,(H,38,44)/b13-10-,14-11+,16-12+,19-15+,23-17+. The van der Waals surface area contributed by atoms with Gasteiger partial charge in [0.15, 0.2) is 5.89 Å². The average Bonchev–Trinajstić information content (AvgIpc) is 3.55. The number of nitrogens with one attached hydrogen (secondary N) is 1. The fraction of sp³-hybridized carbons (Fsp3) is 0.568. The Morgan fingerprint density at radius 2 is 1.84 bits per heavy atom. The molecule has 0 bridgehead atoms. The van der Waals surface area contributed by atoms with Crippen LogP contribution in [-0.4, -0.2) is 99.2 Å². The molecule has 0 radical (unpaired) electrons. The van der Waals surface area contributed by atoms with Crippen LogP contribution in [0.15, 0.2) is 70.9 Å². The molecule has 0 saturated carbocycles. The number of aromatic nitrogens is 1. The highest BCUT2D eigenvalue weighted by Crippen LogP contribution is 2.54. The van der Waals surface area contributed by atoms with Crippen LogP contribution in [0.4, 0.5) is 0 Å². The van der Waals surface area contributed by atoms with Crippen molar-refractivity contribution in [1.29, 1.82) is 0 Å². The molecule has 2 aliphatic heterocycles. The predicted molar refractivity (Wildman–Crippen MR) is 184 cm³/mol. The lowest BCUT2D eigenvalue weighted by atomic mass is 9.65. The van der Waals surface area contributed by atoms with E-state index < -0.39 is 58.8 Å². The molecule has 8 atom stereocenters. The van der Waals surface area contributed by atoms with Gasteiger partial charge in [0.2, 0.25) is 17.4 Å². The van der Waals surface area contributed by atoms with E-state index in [1.165, 1.54) is 19.1 Å². The van der Waals surface area contributed by atoms with Gasteiger partial charge >= 0.3 is 5.97 Å². The highest BCUT2D eigenvalue weighted by atomic mass is 16.6. The van der Waals surface area contributed by atoms with Gasteiger partial charge in [-0.15, -0.1) is 0 Å². The number of aliphatic hydroxyl groups excluding tert-OH is 2. The number of hydrogen-bond acceptors (Lipinski definition) is 10. The molecule has 0 aliphatic carbocycles. The van der Waals surface area contributed by atoms with E-state index in [4.69, 9.17) is 13.9 Å². The van der Waals surface area contributed by atoms with Gasteiger partial charge < -0.3 is 39.4 Å². The van der Waals surface area contributed by atoms with Crippen molar-refractivity contribution in [1.82, 2.24) is 15.2 Å². The summed E-state index contributed by atoms with van der Waals surface area (Å²) in [5, 5.41) is 36.5. The minimum atomic E-state index is -1.86. The number of esters is 1. The van der Waals surface area contributed by atoms with E-state index in [0.29, 0.717) is 17.9 Å². The first kappa shape index (κ1) is 39.6. The molecular weight excluding hydrogens is 630 g/mol. The third kappa shape index (κ3) is 7.82. The summed E-state index contributed by atoms with van der Waals surface area (Å²) in [7, 11) is 2.89. The van der Waals surface area contributed by atoms with Gasteiger partial charge in [-0.2, -0.15) is 0 Å². The molecule has 8 unspecified atom stereocenters. The number of carbonyl (C=O) groups excluding carboxylic acids is 3. The highest BCUT2D eigenvalue weighted by Gasteiger charge is 2.80. The third-order valence-electron chi connectivity index (χ3n) is 9.97. The number of ether oxygens (including phenoxy) is 2. The monoisotopic (exact) mass is 683 g/mol. The lowest BCUT2D eigenvalue weighted by Crippen LogP contribution is -2.80. The van der Waals surface area contributed by atoms with E-state index in [1.807, 2.05) is 18.2 Å². The molecule has 2 fully saturated rings. The molecule has 3 rings (SSSR count). The molecule has 1 spiro atoms. The number of allylic oxidation sites excluding steroid dienone is 7. The molecule has 2 aliphatic rings. The second kappa shape index (κ2) is 16.2. The molecule has 49 heavy (non-hydrogen) atoms. The number of hydrogen-bond donors (Lipinski definition) is 4. The Morgan fingerprint density at radius 3 is 2.43 bits per heavy atom. The van der Waals surface area contributed by atoms with Crippen LogP contribution >= 0.6 is 0 Å². The molecule has 2 amide bonds. The number of nitrogens with zero attached hydrogens (tertiary/aromatic N) is 2. The topological polar surface area (TPSA) is 172 Å². The fourth-order valence-electron chi connectivity index (χ4n) is 6.76. The normalized spacial score (nSPS) is 27.4. The summed E-state index contributed by atoms with van der Waals surface area (Å²) in [5.41, 5.74) is -3.88. The van der Waals surface area contributed by atoms with Crippen LogP contribution in [0.25, 0.3) is 0 Å². The Labute approximate surface area is 289 Å². The predicted octanol–water partition coefficient (Wildman–Crippen LogP) is 3.13. The summed E-state index contributed by atoms with van der Waals surface area (Å²) in [4.78, 5) is 43.9. The minimum Gasteiger partial charge on any atom is -0.457 e. The molecule has 12 nitrogen and oxygen atoms in total. The quantitative estimate of drug-likeness (QED) is 0.150. The smallest absolute Gasteiger partial charge is 0.339 e. The Kier molecular flexibility index (Phi) is 13.1. The van der Waals surface area contributed by atoms with Crippen molar-refractivity contribution in [3.8, 4) is 0 Å². The van der Waals surface area contributed by atoms with Crippen molar-refractivity contribution in [3.05, 3.63) is 78.1 Å². The molecule has 4 N–H and O–H groups in total. The summed E-state index contributed by atoms with van der Waals surface area (Å²) < 4.78 is 16.3. The lowest BCUT2D eigenvalue weighted by Gasteiger charge is -2.55. The second-order valence-corrected chi connectivity index (χ2v) is 13.6. The van der Waals surface area contributed by atoms with Gasteiger partial charge in [0.05, 0.1) is 35.8 Å². The van der Waals surface area contributed by atoms with Crippen LogP contribution in [0, 0.1) is 24.2 Å². The van der Waals surface area contributed by atoms with Gasteiger partial charge in [0.25, 0.3) is 0 Å². The number of oxazole rings is 1. The number of rotatable bonds is 16. The maximum absolute atomic E-state index is 12.9. The van der Waals surface area contributed by atoms with Gasteiger partial charge in [-0.1, -0.05) is 68.5 Å². The van der Waals surface area contributed by atoms with E-state index in [-0.39, 0.29) is 24.8 Å². The summed E-state index contributed by atoms with van der Waals surface area (Å²) >= 11 is 0. The molecule has 1 aromatic heterocycles. The van der Waals surface area contributed by atoms with Crippen molar-refractivity contribution < 1.29 is 43.6 Å². The summed E-state index contributed by atoms with van der Waals surface area (Å²) in [6.07, 6.45) is 14.7. The number of likely N-dealkylation sites (tertiary alicyclic amines) is 1. The van der Waals surface area contributed by atoms with Crippen molar-refractivity contribution in [2.75, 3.05) is 20.7 Å². The zero-order valence-electron chi connectivity index (χ0n) is 30.0. The van der Waals surface area contributed by atoms with Gasteiger partial charge in [0, 0.05) is 34.0 Å². The van der Waals surface area contributed by atoms with E-state index in [1.54, 1.807) is 91.1 Å². The van der Waals surface area contributed by atoms with Gasteiger partial charge in [-0.25, -0.2) is 9.78 Å². The zero-order valence-corrected chi connectivity index (χ0v) is 30.0. The molecule has 2 saturated heterocycles. The van der Waals surface area contributed by atoms with E-state index in [9.17, 15) is 29.7 Å². The minimum absolute atomic E-state index is 0.159. The van der Waals surface area contributed by atoms with Crippen molar-refractivity contribution >= 4 is 17.8 Å². The zero-order chi connectivity index (χ0) is 36.7. The van der Waals surface area contributed by atoms with Crippen molar-refractivity contribution in [2.24, 2.45) is 17.3 Å². The molecule has 270 valence electrons. The number of aryl methyl sites for hydroxylation is 1. The summed E-state index contributed by atoms with van der Waals surface area (Å²) in [6.45, 7) is 12.1. The van der Waals surface area contributed by atoms with Crippen LogP contribution in [0.3, 0.4) is 0 Å². The Bertz CT molecular complexity index is 1490. The van der Waals surface area contributed by atoms with Gasteiger partial charge in [-0.05, 0) is 45.6 Å². The van der Waals surface area contributed by atoms with E-state index in [2.05, 4.69) is 10.3 Å². The number of carbonyl (C=O) groups is 3. The molecule has 1 aromatic rings. The van der Waals surface area contributed by atoms with Crippen LogP contribution in [-0.2, 0) is 30.3 Å². The number of likely N-dealkylation sites (N-methyl/N-ethyl adjacent to an activating group) is 1. The largest absolute Gasteiger partial charge is 0.457 e. The lowest BCUT2D eigenvalue weighted by molar-refractivity contribution is -0.255. The van der Waals surface area contributed by atoms with Crippen LogP contribution in [0.1, 0.15) is 59.6 Å². The first-order valence-corrected chi connectivity index (χ1v) is 16.6. The number of amides is 2. The van der Waals surface area contributed by atoms with E-state index >= 15 is 0 Å². The first-order valence-electron chi connectivity index (χ1n) is 16.6. The van der Waals surface area contributed by atoms with Crippen molar-refractivity contribution in [2.45, 2.75) is 96.9 Å². The third-order valence-corrected chi connectivity index (χ3v) is 9.97. The van der Waals surface area contributed by atoms with Crippen molar-refractivity contribution in [3.63, 3.8) is 0 Å². The fourth-order valence-corrected chi connectivity index (χ4v) is 6.76. The molecule has 0 aromatic carbocycles. The number of cyclic esters (lactones) is 1. The molecule has 12 heteroatoms. The summed E-state index contributed by atoms with van der Waals surface area (Å²) in [6, 6.07) is 0. The summed E-state index contributed by atoms with van der Waals surface area (Å²) in [5.74, 6) is -1.31. The van der Waals surface area contributed by atoms with E-state index in [0.717, 1.165) is 5.76 Å².